The number of benzene rings is 1. The molecule has 0 radical (unpaired) electrons. The van der Waals surface area contributed by atoms with E-state index in [0.717, 1.165) is 24.3 Å². The topological polar surface area (TPSA) is 32.9 Å². The van der Waals surface area contributed by atoms with Crippen LogP contribution in [0.2, 0.25) is 0 Å². The maximum absolute atomic E-state index is 13.5. The monoisotopic (exact) mass is 275 g/mol. The van der Waals surface area contributed by atoms with E-state index < -0.39 is 40.2 Å². The first kappa shape index (κ1) is 13.3. The molecule has 0 fully saturated rings. The first-order valence-electron chi connectivity index (χ1n) is 5.05. The van der Waals surface area contributed by atoms with Crippen LogP contribution in [-0.4, -0.2) is 4.98 Å². The van der Waals surface area contributed by atoms with Gasteiger partial charge < -0.3 is 4.98 Å². The number of rotatable bonds is 1. The molecule has 0 amide bonds. The number of pyridine rings is 1. The van der Waals surface area contributed by atoms with Crippen LogP contribution < -0.4 is 5.43 Å². The van der Waals surface area contributed by atoms with Crippen molar-refractivity contribution >= 4 is 0 Å². The van der Waals surface area contributed by atoms with Gasteiger partial charge in [0.1, 0.15) is 5.69 Å². The molecule has 2 nitrogen and oxygen atoms in total. The zero-order valence-corrected chi connectivity index (χ0v) is 9.18. The molecule has 0 aliphatic rings. The Morgan fingerprint density at radius 1 is 1.05 bits per heavy atom. The Morgan fingerprint density at radius 2 is 1.74 bits per heavy atom. The number of nitrogens with one attached hydrogen (secondary N) is 1. The maximum atomic E-state index is 13.5. The molecular formula is C12H6F5NO. The first-order valence-corrected chi connectivity index (χ1v) is 5.05. The fourth-order valence-corrected chi connectivity index (χ4v) is 1.55. The van der Waals surface area contributed by atoms with Crippen molar-refractivity contribution < 1.29 is 22.0 Å². The molecule has 0 unspecified atom stereocenters. The third kappa shape index (κ3) is 2.64. The summed E-state index contributed by atoms with van der Waals surface area (Å²) in [6.45, 7) is 0. The van der Waals surface area contributed by atoms with Crippen molar-refractivity contribution in [2.45, 2.75) is 6.18 Å². The molecule has 1 heterocycles. The Bertz CT molecular complexity index is 675. The van der Waals surface area contributed by atoms with E-state index >= 15 is 0 Å². The standard InChI is InChI=1S/C12H6F5NO/c13-8-3-1-2-7(11(8)14)9-4-6(19)5-10(18-9)12(15,16)17/h1-5H,(H,18,19). The third-order valence-electron chi connectivity index (χ3n) is 2.39. The van der Waals surface area contributed by atoms with E-state index in [-0.39, 0.29) is 0 Å². The molecule has 0 saturated carbocycles. The number of H-pyrrole nitrogens is 1. The van der Waals surface area contributed by atoms with Crippen molar-refractivity contribution in [3.63, 3.8) is 0 Å². The van der Waals surface area contributed by atoms with E-state index in [1.807, 2.05) is 4.98 Å². The van der Waals surface area contributed by atoms with Crippen LogP contribution in [0, 0.1) is 11.6 Å². The lowest BCUT2D eigenvalue weighted by Gasteiger charge is -2.09. The van der Waals surface area contributed by atoms with Gasteiger partial charge in [0, 0.05) is 17.7 Å². The minimum atomic E-state index is -4.78. The Balaban J connectivity index is 2.67. The number of aromatic nitrogens is 1. The highest BCUT2D eigenvalue weighted by Gasteiger charge is 2.32. The van der Waals surface area contributed by atoms with Gasteiger partial charge in [-0.15, -0.1) is 0 Å². The van der Waals surface area contributed by atoms with Crippen molar-refractivity contribution in [2.75, 3.05) is 0 Å². The summed E-state index contributed by atoms with van der Waals surface area (Å²) >= 11 is 0. The summed E-state index contributed by atoms with van der Waals surface area (Å²) in [5.41, 5.74) is -3.15. The van der Waals surface area contributed by atoms with Crippen molar-refractivity contribution in [3.05, 3.63) is 57.9 Å². The van der Waals surface area contributed by atoms with Crippen LogP contribution in [0.1, 0.15) is 5.69 Å². The molecule has 0 aliphatic carbocycles. The summed E-state index contributed by atoms with van der Waals surface area (Å²) < 4.78 is 64.0. The highest BCUT2D eigenvalue weighted by Crippen LogP contribution is 2.29. The lowest BCUT2D eigenvalue weighted by Crippen LogP contribution is -2.14. The molecule has 1 aromatic carbocycles. The van der Waals surface area contributed by atoms with Gasteiger partial charge in [-0.05, 0) is 12.1 Å². The lowest BCUT2D eigenvalue weighted by atomic mass is 10.1. The Kier molecular flexibility index (Phi) is 3.13. The number of alkyl halides is 3. The summed E-state index contributed by atoms with van der Waals surface area (Å²) in [6, 6.07) is 4.15. The summed E-state index contributed by atoms with van der Waals surface area (Å²) in [5, 5.41) is 0. The van der Waals surface area contributed by atoms with Gasteiger partial charge in [0.15, 0.2) is 17.1 Å². The maximum Gasteiger partial charge on any atom is 0.431 e. The van der Waals surface area contributed by atoms with Gasteiger partial charge in [0.2, 0.25) is 0 Å². The minimum absolute atomic E-state index is 0.348. The van der Waals surface area contributed by atoms with Crippen LogP contribution in [0.25, 0.3) is 11.3 Å². The van der Waals surface area contributed by atoms with Crippen molar-refractivity contribution in [3.8, 4) is 11.3 Å². The summed E-state index contributed by atoms with van der Waals surface area (Å²) in [5.74, 6) is -2.53. The normalized spacial score (nSPS) is 11.6. The van der Waals surface area contributed by atoms with Crippen LogP contribution >= 0.6 is 0 Å². The van der Waals surface area contributed by atoms with Gasteiger partial charge in [-0.25, -0.2) is 8.78 Å². The molecule has 1 aromatic heterocycles. The van der Waals surface area contributed by atoms with Crippen LogP contribution in [0.5, 0.6) is 0 Å². The van der Waals surface area contributed by atoms with Gasteiger partial charge in [0.05, 0.1) is 5.69 Å². The van der Waals surface area contributed by atoms with Gasteiger partial charge in [-0.1, -0.05) is 6.07 Å². The SMILES string of the molecule is O=c1cc(-c2cccc(F)c2F)[nH]c(C(F)(F)F)c1. The van der Waals surface area contributed by atoms with Crippen LogP contribution in [0.3, 0.4) is 0 Å². The Hall–Kier alpha value is -2.18. The molecule has 2 aromatic rings. The second-order valence-corrected chi connectivity index (χ2v) is 3.74. The number of hydrogen-bond donors (Lipinski definition) is 1. The zero-order chi connectivity index (χ0) is 14.2. The average Bonchev–Trinajstić information content (AvgIpc) is 2.31. The van der Waals surface area contributed by atoms with E-state index in [1.54, 1.807) is 0 Å². The second kappa shape index (κ2) is 4.49. The fraction of sp³-hybridized carbons (Fsp3) is 0.0833. The fourth-order valence-electron chi connectivity index (χ4n) is 1.55. The molecule has 0 aliphatic heterocycles. The molecule has 1 N–H and O–H groups in total. The van der Waals surface area contributed by atoms with Crippen molar-refractivity contribution in [1.82, 2.24) is 4.98 Å². The van der Waals surface area contributed by atoms with Crippen molar-refractivity contribution in [2.24, 2.45) is 0 Å². The number of hydrogen-bond acceptors (Lipinski definition) is 1. The predicted octanol–water partition coefficient (Wildman–Crippen LogP) is 3.34. The minimum Gasteiger partial charge on any atom is -0.351 e. The molecule has 0 spiro atoms. The van der Waals surface area contributed by atoms with Gasteiger partial charge in [-0.2, -0.15) is 13.2 Å². The molecule has 2 rings (SSSR count). The molecule has 0 atom stereocenters. The Morgan fingerprint density at radius 3 is 2.37 bits per heavy atom. The summed E-state index contributed by atoms with van der Waals surface area (Å²) in [7, 11) is 0. The van der Waals surface area contributed by atoms with Gasteiger partial charge in [-0.3, -0.25) is 4.79 Å². The molecule has 7 heteroatoms. The largest absolute Gasteiger partial charge is 0.431 e. The lowest BCUT2D eigenvalue weighted by molar-refractivity contribution is -0.141. The quantitative estimate of drug-likeness (QED) is 0.795. The Labute approximate surface area is 103 Å². The average molecular weight is 275 g/mol. The van der Waals surface area contributed by atoms with Gasteiger partial charge >= 0.3 is 6.18 Å². The highest BCUT2D eigenvalue weighted by atomic mass is 19.4. The third-order valence-corrected chi connectivity index (χ3v) is 2.39. The van der Waals surface area contributed by atoms with Crippen molar-refractivity contribution in [1.29, 1.82) is 0 Å². The molecule has 0 saturated heterocycles. The molecular weight excluding hydrogens is 269 g/mol. The van der Waals surface area contributed by atoms with E-state index in [2.05, 4.69) is 0 Å². The summed E-state index contributed by atoms with van der Waals surface area (Å²) in [4.78, 5) is 13.1. The van der Waals surface area contributed by atoms with Crippen LogP contribution in [0.15, 0.2) is 35.1 Å². The van der Waals surface area contributed by atoms with Crippen LogP contribution in [-0.2, 0) is 6.18 Å². The van der Waals surface area contributed by atoms with E-state index in [1.165, 1.54) is 0 Å². The molecule has 0 bridgehead atoms. The number of halogens is 5. The van der Waals surface area contributed by atoms with E-state index in [9.17, 15) is 26.7 Å². The van der Waals surface area contributed by atoms with Gasteiger partial charge in [0.25, 0.3) is 0 Å². The molecule has 100 valence electrons. The summed E-state index contributed by atoms with van der Waals surface area (Å²) in [6.07, 6.45) is -4.78. The smallest absolute Gasteiger partial charge is 0.351 e. The highest BCUT2D eigenvalue weighted by molar-refractivity contribution is 5.60. The first-order chi connectivity index (χ1) is 8.79. The van der Waals surface area contributed by atoms with E-state index in [0.29, 0.717) is 6.07 Å². The zero-order valence-electron chi connectivity index (χ0n) is 9.18. The van der Waals surface area contributed by atoms with Crippen LogP contribution in [0.4, 0.5) is 22.0 Å². The van der Waals surface area contributed by atoms with E-state index in [4.69, 9.17) is 0 Å². The predicted molar refractivity (Wildman–Crippen MR) is 57.4 cm³/mol. The molecule has 19 heavy (non-hydrogen) atoms. The second-order valence-electron chi connectivity index (χ2n) is 3.74. The number of aromatic amines is 1.